The standard InChI is InChI=1S/C34H40P/c1-3-19-31(20-4-1)35(32-21-5-2-6-22-32,25-29-17-11-15-27-13-7-9-23-33(27)29)26-30-18-12-16-28-14-8-10-24-34(28)30/h7-18,23-24,31-32H,1-6,19-22,25-26H2/q+1. The van der Waals surface area contributed by atoms with Crippen molar-refractivity contribution in [2.45, 2.75) is 87.9 Å². The Balaban J connectivity index is 1.51. The molecule has 2 saturated carbocycles. The molecular weight excluding hydrogens is 439 g/mol. The summed E-state index contributed by atoms with van der Waals surface area (Å²) in [7, 11) is -1.30. The van der Waals surface area contributed by atoms with Crippen LogP contribution in [0.5, 0.6) is 0 Å². The summed E-state index contributed by atoms with van der Waals surface area (Å²) >= 11 is 0. The molecule has 0 spiro atoms. The summed E-state index contributed by atoms with van der Waals surface area (Å²) in [5, 5.41) is 5.84. The van der Waals surface area contributed by atoms with Gasteiger partial charge < -0.3 is 0 Å². The molecule has 0 nitrogen and oxygen atoms in total. The molecule has 0 saturated heterocycles. The van der Waals surface area contributed by atoms with Gasteiger partial charge in [-0.25, -0.2) is 0 Å². The number of benzene rings is 4. The molecule has 2 aliphatic carbocycles. The minimum absolute atomic E-state index is 0.942. The molecule has 0 aliphatic heterocycles. The van der Waals surface area contributed by atoms with E-state index in [4.69, 9.17) is 0 Å². The zero-order chi connectivity index (χ0) is 23.5. The molecule has 0 atom stereocenters. The van der Waals surface area contributed by atoms with E-state index in [0.29, 0.717) is 0 Å². The first-order valence-electron chi connectivity index (χ1n) is 14.1. The summed E-state index contributed by atoms with van der Waals surface area (Å²) in [5.41, 5.74) is 5.15. The fraction of sp³-hybridized carbons (Fsp3) is 0.412. The van der Waals surface area contributed by atoms with Crippen molar-refractivity contribution in [2.75, 3.05) is 0 Å². The van der Waals surface area contributed by atoms with Crippen molar-refractivity contribution in [1.29, 1.82) is 0 Å². The Morgan fingerprint density at radius 3 is 1.31 bits per heavy atom. The second-order valence-electron chi connectivity index (χ2n) is 11.3. The van der Waals surface area contributed by atoms with Gasteiger partial charge in [-0.05, 0) is 84.0 Å². The molecule has 180 valence electrons. The van der Waals surface area contributed by atoms with Crippen LogP contribution in [0.25, 0.3) is 21.5 Å². The Labute approximate surface area is 212 Å². The van der Waals surface area contributed by atoms with E-state index in [1.165, 1.54) is 98.1 Å². The van der Waals surface area contributed by atoms with E-state index in [2.05, 4.69) is 84.9 Å². The lowest BCUT2D eigenvalue weighted by molar-refractivity contribution is 0.476. The molecule has 4 aromatic carbocycles. The molecule has 0 radical (unpaired) electrons. The molecule has 0 heterocycles. The van der Waals surface area contributed by atoms with Crippen LogP contribution in [-0.2, 0) is 12.3 Å². The Morgan fingerprint density at radius 2 is 0.857 bits per heavy atom. The summed E-state index contributed by atoms with van der Waals surface area (Å²) in [5.74, 6) is 0. The summed E-state index contributed by atoms with van der Waals surface area (Å²) in [6.07, 6.45) is 17.3. The van der Waals surface area contributed by atoms with Gasteiger partial charge in [0.1, 0.15) is 0 Å². The quantitative estimate of drug-likeness (QED) is 0.241. The third-order valence-corrected chi connectivity index (χ3v) is 15.1. The largest absolute Gasteiger partial charge is 0.0857 e. The maximum Gasteiger partial charge on any atom is 0.0857 e. The van der Waals surface area contributed by atoms with Crippen LogP contribution in [0.1, 0.15) is 75.3 Å². The topological polar surface area (TPSA) is 0 Å². The van der Waals surface area contributed by atoms with Crippen LogP contribution in [0.4, 0.5) is 0 Å². The Bertz CT molecular complexity index is 1160. The van der Waals surface area contributed by atoms with Crippen LogP contribution < -0.4 is 0 Å². The monoisotopic (exact) mass is 479 g/mol. The van der Waals surface area contributed by atoms with Gasteiger partial charge in [-0.1, -0.05) is 97.8 Å². The predicted octanol–water partition coefficient (Wildman–Crippen LogP) is 10.4. The lowest BCUT2D eigenvalue weighted by Crippen LogP contribution is -2.30. The summed E-state index contributed by atoms with van der Waals surface area (Å²) in [6, 6.07) is 32.5. The van der Waals surface area contributed by atoms with Crippen LogP contribution in [0.2, 0.25) is 0 Å². The molecule has 2 fully saturated rings. The highest BCUT2D eigenvalue weighted by atomic mass is 31.2. The van der Waals surface area contributed by atoms with Gasteiger partial charge in [-0.3, -0.25) is 0 Å². The molecule has 0 amide bonds. The van der Waals surface area contributed by atoms with Gasteiger partial charge >= 0.3 is 0 Å². The van der Waals surface area contributed by atoms with Gasteiger partial charge in [0.2, 0.25) is 0 Å². The van der Waals surface area contributed by atoms with Crippen LogP contribution >= 0.6 is 7.26 Å². The zero-order valence-corrected chi connectivity index (χ0v) is 22.1. The SMILES string of the molecule is c1ccc2c(C[P+](Cc3cccc4ccccc34)(C3CCCCC3)C3CCCCC3)cccc2c1. The highest BCUT2D eigenvalue weighted by Gasteiger charge is 2.52. The van der Waals surface area contributed by atoms with Crippen molar-refractivity contribution in [3.8, 4) is 0 Å². The van der Waals surface area contributed by atoms with E-state index in [1.807, 2.05) is 0 Å². The fourth-order valence-electron chi connectivity index (χ4n) is 7.56. The number of rotatable bonds is 6. The highest BCUT2D eigenvalue weighted by Crippen LogP contribution is 2.76. The molecule has 35 heavy (non-hydrogen) atoms. The van der Waals surface area contributed by atoms with Gasteiger partial charge in [0, 0.05) is 7.26 Å². The average Bonchev–Trinajstić information content (AvgIpc) is 2.94. The highest BCUT2D eigenvalue weighted by molar-refractivity contribution is 7.75. The van der Waals surface area contributed by atoms with E-state index in [9.17, 15) is 0 Å². The van der Waals surface area contributed by atoms with E-state index in [-0.39, 0.29) is 0 Å². The molecule has 1 heteroatoms. The van der Waals surface area contributed by atoms with Crippen molar-refractivity contribution in [2.24, 2.45) is 0 Å². The van der Waals surface area contributed by atoms with E-state index >= 15 is 0 Å². The minimum Gasteiger partial charge on any atom is -0.0616 e. The van der Waals surface area contributed by atoms with Crippen molar-refractivity contribution >= 4 is 28.8 Å². The maximum absolute atomic E-state index is 2.48. The first-order chi connectivity index (χ1) is 17.3. The fourth-order valence-corrected chi connectivity index (χ4v) is 13.9. The molecular formula is C34H40P+. The maximum atomic E-state index is 2.48. The normalized spacial score (nSPS) is 18.3. The van der Waals surface area contributed by atoms with Crippen LogP contribution in [0.15, 0.2) is 84.9 Å². The van der Waals surface area contributed by atoms with Gasteiger partial charge in [0.05, 0.1) is 23.6 Å². The van der Waals surface area contributed by atoms with Crippen LogP contribution in [0.3, 0.4) is 0 Å². The first-order valence-corrected chi connectivity index (χ1v) is 16.4. The van der Waals surface area contributed by atoms with E-state index < -0.39 is 7.26 Å². The zero-order valence-electron chi connectivity index (χ0n) is 21.2. The second-order valence-corrected chi connectivity index (χ2v) is 15.6. The minimum atomic E-state index is -1.30. The molecule has 4 aromatic rings. The molecule has 6 rings (SSSR count). The summed E-state index contributed by atoms with van der Waals surface area (Å²) in [4.78, 5) is 0. The van der Waals surface area contributed by atoms with E-state index in [0.717, 1.165) is 11.3 Å². The van der Waals surface area contributed by atoms with Gasteiger partial charge in [-0.15, -0.1) is 0 Å². The van der Waals surface area contributed by atoms with E-state index in [1.54, 1.807) is 11.1 Å². The average molecular weight is 480 g/mol. The molecule has 0 unspecified atom stereocenters. The summed E-state index contributed by atoms with van der Waals surface area (Å²) in [6.45, 7) is 0. The number of hydrogen-bond acceptors (Lipinski definition) is 0. The van der Waals surface area contributed by atoms with Gasteiger partial charge in [0.15, 0.2) is 0 Å². The van der Waals surface area contributed by atoms with Crippen LogP contribution in [-0.4, -0.2) is 11.3 Å². The Kier molecular flexibility index (Phi) is 6.93. The van der Waals surface area contributed by atoms with Crippen molar-refractivity contribution in [3.63, 3.8) is 0 Å². The third kappa shape index (κ3) is 4.68. The third-order valence-electron chi connectivity index (χ3n) is 9.29. The molecule has 0 aromatic heterocycles. The first kappa shape index (κ1) is 23.2. The molecule has 0 N–H and O–H groups in total. The lowest BCUT2D eigenvalue weighted by Gasteiger charge is -2.44. The predicted molar refractivity (Wildman–Crippen MR) is 156 cm³/mol. The lowest BCUT2D eigenvalue weighted by atomic mass is 9.99. The van der Waals surface area contributed by atoms with Gasteiger partial charge in [-0.2, -0.15) is 0 Å². The number of hydrogen-bond donors (Lipinski definition) is 0. The smallest absolute Gasteiger partial charge is 0.0616 e. The van der Waals surface area contributed by atoms with Crippen molar-refractivity contribution in [3.05, 3.63) is 96.1 Å². The Morgan fingerprint density at radius 1 is 0.457 bits per heavy atom. The second kappa shape index (κ2) is 10.4. The number of fused-ring (bicyclic) bond motifs is 2. The van der Waals surface area contributed by atoms with Crippen LogP contribution in [0, 0.1) is 0 Å². The van der Waals surface area contributed by atoms with Gasteiger partial charge in [0.25, 0.3) is 0 Å². The molecule has 2 aliphatic rings. The molecule has 0 bridgehead atoms. The van der Waals surface area contributed by atoms with Crippen molar-refractivity contribution in [1.82, 2.24) is 0 Å². The Hall–Kier alpha value is -2.17. The summed E-state index contributed by atoms with van der Waals surface area (Å²) < 4.78 is 0. The van der Waals surface area contributed by atoms with Crippen molar-refractivity contribution < 1.29 is 0 Å².